The zero-order chi connectivity index (χ0) is 15.3. The van der Waals surface area contributed by atoms with Crippen molar-refractivity contribution < 1.29 is 4.74 Å². The molecule has 0 amide bonds. The van der Waals surface area contributed by atoms with Gasteiger partial charge in [-0.25, -0.2) is 0 Å². The van der Waals surface area contributed by atoms with E-state index in [2.05, 4.69) is 56.2 Å². The average molecular weight is 290 g/mol. The molecule has 3 nitrogen and oxygen atoms in total. The van der Waals surface area contributed by atoms with Crippen molar-refractivity contribution in [3.8, 4) is 5.75 Å². The summed E-state index contributed by atoms with van der Waals surface area (Å²) in [6.45, 7) is 10.4. The van der Waals surface area contributed by atoms with E-state index < -0.39 is 0 Å². The highest BCUT2D eigenvalue weighted by Gasteiger charge is 2.22. The Balaban J connectivity index is 1.72. The molecule has 21 heavy (non-hydrogen) atoms. The molecule has 0 aliphatic heterocycles. The molecule has 1 aromatic carbocycles. The summed E-state index contributed by atoms with van der Waals surface area (Å²) in [5.74, 6) is 1.92. The Morgan fingerprint density at radius 2 is 2.05 bits per heavy atom. The number of hydrogen-bond acceptors (Lipinski definition) is 3. The van der Waals surface area contributed by atoms with E-state index in [1.54, 1.807) is 0 Å². The normalized spacial score (nSPS) is 15.5. The van der Waals surface area contributed by atoms with E-state index in [4.69, 9.17) is 4.74 Å². The third-order valence-corrected chi connectivity index (χ3v) is 3.73. The second-order valence-electron chi connectivity index (χ2n) is 7.31. The van der Waals surface area contributed by atoms with E-state index in [1.807, 2.05) is 6.07 Å². The fourth-order valence-electron chi connectivity index (χ4n) is 2.26. The zero-order valence-electron chi connectivity index (χ0n) is 14.0. The monoisotopic (exact) mass is 290 g/mol. The summed E-state index contributed by atoms with van der Waals surface area (Å²) in [7, 11) is 2.19. The predicted octanol–water partition coefficient (Wildman–Crippen LogP) is 3.30. The highest BCUT2D eigenvalue weighted by molar-refractivity contribution is 5.28. The van der Waals surface area contributed by atoms with E-state index in [-0.39, 0.29) is 5.54 Å². The van der Waals surface area contributed by atoms with Gasteiger partial charge >= 0.3 is 0 Å². The van der Waals surface area contributed by atoms with Crippen molar-refractivity contribution >= 4 is 0 Å². The molecule has 0 radical (unpaired) electrons. The smallest absolute Gasteiger partial charge is 0.119 e. The molecule has 1 aromatic rings. The minimum absolute atomic E-state index is 0.141. The largest absolute Gasteiger partial charge is 0.492 e. The van der Waals surface area contributed by atoms with Gasteiger partial charge in [0.25, 0.3) is 0 Å². The molecule has 2 rings (SSSR count). The van der Waals surface area contributed by atoms with Crippen LogP contribution in [0.1, 0.15) is 39.2 Å². The van der Waals surface area contributed by atoms with Gasteiger partial charge in [-0.3, -0.25) is 0 Å². The van der Waals surface area contributed by atoms with E-state index in [0.717, 1.165) is 31.4 Å². The maximum atomic E-state index is 5.88. The second kappa shape index (κ2) is 7.28. The zero-order valence-corrected chi connectivity index (χ0v) is 14.0. The summed E-state index contributed by atoms with van der Waals surface area (Å²) in [5, 5.41) is 3.50. The second-order valence-corrected chi connectivity index (χ2v) is 7.31. The number of nitrogens with one attached hydrogen (secondary N) is 1. The molecule has 0 atom stereocenters. The molecule has 1 fully saturated rings. The molecule has 3 heteroatoms. The number of nitrogens with zero attached hydrogens (tertiary/aromatic N) is 1. The molecule has 1 aliphatic rings. The van der Waals surface area contributed by atoms with Gasteiger partial charge < -0.3 is 15.0 Å². The quantitative estimate of drug-likeness (QED) is 0.795. The lowest BCUT2D eigenvalue weighted by Crippen LogP contribution is -2.35. The molecule has 0 saturated heterocycles. The first-order valence-electron chi connectivity index (χ1n) is 8.08. The number of rotatable bonds is 8. The van der Waals surface area contributed by atoms with Crippen LogP contribution in [0.25, 0.3) is 0 Å². The predicted molar refractivity (Wildman–Crippen MR) is 88.8 cm³/mol. The highest BCUT2D eigenvalue weighted by Crippen LogP contribution is 2.29. The summed E-state index contributed by atoms with van der Waals surface area (Å²) in [5.41, 5.74) is 1.41. The first-order valence-corrected chi connectivity index (χ1v) is 8.08. The van der Waals surface area contributed by atoms with Crippen molar-refractivity contribution in [3.63, 3.8) is 0 Å². The van der Waals surface area contributed by atoms with Gasteiger partial charge in [0.2, 0.25) is 0 Å². The van der Waals surface area contributed by atoms with E-state index >= 15 is 0 Å². The number of benzene rings is 1. The fraction of sp³-hybridized carbons (Fsp3) is 0.667. The molecule has 0 unspecified atom stereocenters. The first kappa shape index (κ1) is 16.3. The fourth-order valence-corrected chi connectivity index (χ4v) is 2.26. The molecule has 1 aliphatic carbocycles. The van der Waals surface area contributed by atoms with Gasteiger partial charge in [0.05, 0.1) is 0 Å². The number of ether oxygens (including phenoxy) is 1. The van der Waals surface area contributed by atoms with Crippen LogP contribution >= 0.6 is 0 Å². The topological polar surface area (TPSA) is 24.5 Å². The lowest BCUT2D eigenvalue weighted by atomic mass is 10.1. The maximum absolute atomic E-state index is 5.88. The average Bonchev–Trinajstić information content (AvgIpc) is 3.20. The van der Waals surface area contributed by atoms with E-state index in [9.17, 15) is 0 Å². The molecule has 1 saturated carbocycles. The van der Waals surface area contributed by atoms with Crippen LogP contribution in [0.15, 0.2) is 24.3 Å². The summed E-state index contributed by atoms with van der Waals surface area (Å²) in [4.78, 5) is 2.38. The Bertz CT molecular complexity index is 435. The van der Waals surface area contributed by atoms with Crippen molar-refractivity contribution in [2.75, 3.05) is 26.7 Å². The molecule has 0 heterocycles. The van der Waals surface area contributed by atoms with Crippen molar-refractivity contribution in [2.24, 2.45) is 5.92 Å². The third-order valence-electron chi connectivity index (χ3n) is 3.73. The lowest BCUT2D eigenvalue weighted by Gasteiger charge is -2.21. The Labute approximate surface area is 129 Å². The molecule has 0 aromatic heterocycles. The minimum atomic E-state index is 0.141. The van der Waals surface area contributed by atoms with Crippen LogP contribution < -0.4 is 10.1 Å². The summed E-state index contributed by atoms with van der Waals surface area (Å²) in [6.07, 6.45) is 2.82. The van der Waals surface area contributed by atoms with Crippen molar-refractivity contribution in [1.29, 1.82) is 0 Å². The maximum Gasteiger partial charge on any atom is 0.119 e. The highest BCUT2D eigenvalue weighted by atomic mass is 16.5. The van der Waals surface area contributed by atoms with E-state index in [1.165, 1.54) is 24.9 Å². The molecular formula is C18H30N2O. The first-order chi connectivity index (χ1) is 9.92. The molecule has 118 valence electrons. The molecule has 0 spiro atoms. The molecule has 1 N–H and O–H groups in total. The van der Waals surface area contributed by atoms with Crippen molar-refractivity contribution in [1.82, 2.24) is 10.2 Å². The Hall–Kier alpha value is -1.06. The van der Waals surface area contributed by atoms with Gasteiger partial charge in [-0.05, 0) is 64.3 Å². The number of hydrogen-bond donors (Lipinski definition) is 1. The van der Waals surface area contributed by atoms with Gasteiger partial charge in [0, 0.05) is 25.2 Å². The summed E-state index contributed by atoms with van der Waals surface area (Å²) >= 11 is 0. The third kappa shape index (κ3) is 6.96. The van der Waals surface area contributed by atoms with Gasteiger partial charge in [0.15, 0.2) is 0 Å². The van der Waals surface area contributed by atoms with Crippen LogP contribution in [0.3, 0.4) is 0 Å². The van der Waals surface area contributed by atoms with Crippen molar-refractivity contribution in [3.05, 3.63) is 29.8 Å². The Morgan fingerprint density at radius 1 is 1.29 bits per heavy atom. The summed E-state index contributed by atoms with van der Waals surface area (Å²) in [6, 6.07) is 8.40. The van der Waals surface area contributed by atoms with Crippen LogP contribution in [0, 0.1) is 5.92 Å². The van der Waals surface area contributed by atoms with Crippen LogP contribution in [-0.4, -0.2) is 37.2 Å². The minimum Gasteiger partial charge on any atom is -0.492 e. The van der Waals surface area contributed by atoms with Gasteiger partial charge in [-0.1, -0.05) is 12.1 Å². The van der Waals surface area contributed by atoms with Crippen LogP contribution in [0.4, 0.5) is 0 Å². The SMILES string of the molecule is CN(CCOc1cccc(CNC(C)(C)C)c1)CC1CC1. The molecular weight excluding hydrogens is 260 g/mol. The number of likely N-dealkylation sites (N-methyl/N-ethyl adjacent to an activating group) is 1. The molecule has 0 bridgehead atoms. The van der Waals surface area contributed by atoms with Crippen LogP contribution in [0.2, 0.25) is 0 Å². The van der Waals surface area contributed by atoms with Crippen LogP contribution in [-0.2, 0) is 6.54 Å². The summed E-state index contributed by atoms with van der Waals surface area (Å²) < 4.78 is 5.88. The Morgan fingerprint density at radius 3 is 2.71 bits per heavy atom. The van der Waals surface area contributed by atoms with Gasteiger partial charge in [0.1, 0.15) is 12.4 Å². The van der Waals surface area contributed by atoms with E-state index in [0.29, 0.717) is 0 Å². The van der Waals surface area contributed by atoms with Gasteiger partial charge in [-0.2, -0.15) is 0 Å². The van der Waals surface area contributed by atoms with Crippen LogP contribution in [0.5, 0.6) is 5.75 Å². The lowest BCUT2D eigenvalue weighted by molar-refractivity contribution is 0.232. The Kier molecular flexibility index (Phi) is 5.65. The standard InChI is InChI=1S/C18H30N2O/c1-18(2,3)19-13-16-6-5-7-17(12-16)21-11-10-20(4)14-15-8-9-15/h5-7,12,15,19H,8-11,13-14H2,1-4H3. The van der Waals surface area contributed by atoms with Crippen molar-refractivity contribution in [2.45, 2.75) is 45.7 Å². The van der Waals surface area contributed by atoms with Gasteiger partial charge in [-0.15, -0.1) is 0 Å².